The molecule has 2 aromatic carbocycles. The minimum Gasteiger partial charge on any atom is -0.475 e. The molecule has 1 aliphatic rings. The van der Waals surface area contributed by atoms with E-state index in [1.807, 2.05) is 35.8 Å². The molecular weight excluding hydrogens is 457 g/mol. The molecular formula is C25H23ClFN5O2. The highest BCUT2D eigenvalue weighted by molar-refractivity contribution is 6.30. The molecule has 0 saturated heterocycles. The maximum absolute atomic E-state index is 13.8. The van der Waals surface area contributed by atoms with E-state index in [0.29, 0.717) is 29.6 Å². The molecule has 4 aromatic rings. The molecule has 1 fully saturated rings. The zero-order valence-corrected chi connectivity index (χ0v) is 19.5. The summed E-state index contributed by atoms with van der Waals surface area (Å²) in [4.78, 5) is 25.1. The minimum atomic E-state index is -1.22. The molecule has 174 valence electrons. The molecule has 0 radical (unpaired) electrons. The quantitative estimate of drug-likeness (QED) is 0.361. The van der Waals surface area contributed by atoms with Crippen LogP contribution < -0.4 is 5.32 Å². The molecule has 2 N–H and O–H groups in total. The smallest absolute Gasteiger partial charge is 0.374 e. The van der Waals surface area contributed by atoms with Gasteiger partial charge < -0.3 is 15.0 Å². The Balaban J connectivity index is 1.74. The van der Waals surface area contributed by atoms with Crippen molar-refractivity contribution in [1.82, 2.24) is 19.5 Å². The molecule has 0 aliphatic heterocycles. The summed E-state index contributed by atoms with van der Waals surface area (Å²) in [6.45, 7) is 4.37. The van der Waals surface area contributed by atoms with Crippen molar-refractivity contribution in [3.8, 4) is 11.4 Å². The molecule has 1 saturated carbocycles. The highest BCUT2D eigenvalue weighted by atomic mass is 35.5. The van der Waals surface area contributed by atoms with Gasteiger partial charge in [0.2, 0.25) is 5.82 Å². The summed E-state index contributed by atoms with van der Waals surface area (Å²) in [6, 6.07) is 12.6. The van der Waals surface area contributed by atoms with E-state index in [2.05, 4.69) is 22.2 Å². The van der Waals surface area contributed by atoms with Crippen molar-refractivity contribution in [3.63, 3.8) is 0 Å². The third kappa shape index (κ3) is 4.33. The van der Waals surface area contributed by atoms with Crippen LogP contribution in [-0.2, 0) is 6.54 Å². The van der Waals surface area contributed by atoms with E-state index in [4.69, 9.17) is 16.6 Å². The fourth-order valence-corrected chi connectivity index (χ4v) is 4.34. The van der Waals surface area contributed by atoms with E-state index in [1.54, 1.807) is 12.1 Å². The van der Waals surface area contributed by atoms with Crippen LogP contribution in [0.5, 0.6) is 0 Å². The standard InChI is InChI=1S/C25H23ClFN5O2/c1-13-4-3-5-17(10-13)24-31-22-20(32(24)12-15-6-9-19(27)18(26)11-15)21(28-14(2)16-7-8-16)29-23(30-22)25(33)34/h3-6,9-11,14,16H,7-8,12H2,1-2H3,(H,33,34)(H,28,29,30)/t14-/m1/s1. The highest BCUT2D eigenvalue weighted by Gasteiger charge is 2.30. The second-order valence-corrected chi connectivity index (χ2v) is 9.19. The summed E-state index contributed by atoms with van der Waals surface area (Å²) < 4.78 is 15.7. The third-order valence-electron chi connectivity index (χ3n) is 6.09. The van der Waals surface area contributed by atoms with Gasteiger partial charge in [0.25, 0.3) is 0 Å². The SMILES string of the molecule is Cc1cccc(-c2nc3nc(C(=O)O)nc(N[C@H](C)C4CC4)c3n2Cc2ccc(F)c(Cl)c2)c1. The summed E-state index contributed by atoms with van der Waals surface area (Å²) in [6.07, 6.45) is 2.24. The summed E-state index contributed by atoms with van der Waals surface area (Å²) in [5.41, 5.74) is 3.54. The van der Waals surface area contributed by atoms with Crippen molar-refractivity contribution in [2.24, 2.45) is 5.92 Å². The molecule has 9 heteroatoms. The molecule has 1 atom stereocenters. The number of carbonyl (C=O) groups is 1. The highest BCUT2D eigenvalue weighted by Crippen LogP contribution is 2.36. The van der Waals surface area contributed by atoms with Gasteiger partial charge in [0.15, 0.2) is 11.5 Å². The first-order chi connectivity index (χ1) is 16.3. The number of hydrogen-bond donors (Lipinski definition) is 2. The maximum atomic E-state index is 13.8. The number of halogens is 2. The van der Waals surface area contributed by atoms with Crippen molar-refractivity contribution in [3.05, 3.63) is 70.3 Å². The normalized spacial score (nSPS) is 14.4. The van der Waals surface area contributed by atoms with E-state index in [0.717, 1.165) is 29.5 Å². The van der Waals surface area contributed by atoms with Crippen LogP contribution in [-0.4, -0.2) is 36.6 Å². The van der Waals surface area contributed by atoms with E-state index in [-0.39, 0.29) is 22.5 Å². The molecule has 34 heavy (non-hydrogen) atoms. The van der Waals surface area contributed by atoms with E-state index in [9.17, 15) is 14.3 Å². The third-order valence-corrected chi connectivity index (χ3v) is 6.38. The van der Waals surface area contributed by atoms with E-state index in [1.165, 1.54) is 6.07 Å². The Hall–Kier alpha value is -3.52. The summed E-state index contributed by atoms with van der Waals surface area (Å²) in [7, 11) is 0. The van der Waals surface area contributed by atoms with Crippen LogP contribution in [0.3, 0.4) is 0 Å². The summed E-state index contributed by atoms with van der Waals surface area (Å²) >= 11 is 6.05. The Morgan fingerprint density at radius 1 is 1.24 bits per heavy atom. The van der Waals surface area contributed by atoms with Gasteiger partial charge in [-0.25, -0.2) is 24.1 Å². The van der Waals surface area contributed by atoms with Gasteiger partial charge >= 0.3 is 5.97 Å². The number of benzene rings is 2. The van der Waals surface area contributed by atoms with Gasteiger partial charge in [-0.15, -0.1) is 0 Å². The van der Waals surface area contributed by atoms with Gasteiger partial charge in [-0.05, 0) is 56.4 Å². The van der Waals surface area contributed by atoms with Crippen LogP contribution in [0.15, 0.2) is 42.5 Å². The Morgan fingerprint density at radius 2 is 2.03 bits per heavy atom. The van der Waals surface area contributed by atoms with Gasteiger partial charge in [-0.1, -0.05) is 41.4 Å². The molecule has 0 amide bonds. The predicted octanol–water partition coefficient (Wildman–Crippen LogP) is 5.55. The molecule has 7 nitrogen and oxygen atoms in total. The van der Waals surface area contributed by atoms with Crippen LogP contribution in [0, 0.1) is 18.7 Å². The molecule has 1 aliphatic carbocycles. The van der Waals surface area contributed by atoms with Crippen LogP contribution in [0.2, 0.25) is 5.02 Å². The largest absolute Gasteiger partial charge is 0.475 e. The molecule has 2 aromatic heterocycles. The average Bonchev–Trinajstić information content (AvgIpc) is 3.58. The number of rotatable bonds is 7. The number of carboxylic acid groups (broad SMARTS) is 1. The lowest BCUT2D eigenvalue weighted by Gasteiger charge is -2.17. The number of aromatic nitrogens is 4. The number of carboxylic acids is 1. The van der Waals surface area contributed by atoms with Crippen LogP contribution in [0.25, 0.3) is 22.6 Å². The van der Waals surface area contributed by atoms with Gasteiger partial charge in [0, 0.05) is 18.2 Å². The number of hydrogen-bond acceptors (Lipinski definition) is 5. The Labute approximate surface area is 200 Å². The molecule has 2 heterocycles. The molecule has 0 bridgehead atoms. The topological polar surface area (TPSA) is 92.9 Å². The van der Waals surface area contributed by atoms with Crippen LogP contribution >= 0.6 is 11.6 Å². The number of anilines is 1. The number of aromatic carboxylic acids is 1. The maximum Gasteiger partial charge on any atom is 0.374 e. The first kappa shape index (κ1) is 22.3. The lowest BCUT2D eigenvalue weighted by atomic mass is 10.1. The monoisotopic (exact) mass is 479 g/mol. The minimum absolute atomic E-state index is 0.0316. The molecule has 0 unspecified atom stereocenters. The zero-order valence-electron chi connectivity index (χ0n) is 18.7. The predicted molar refractivity (Wildman–Crippen MR) is 129 cm³/mol. The van der Waals surface area contributed by atoms with Gasteiger partial charge in [-0.3, -0.25) is 0 Å². The fourth-order valence-electron chi connectivity index (χ4n) is 4.14. The fraction of sp³-hybridized carbons (Fsp3) is 0.280. The van der Waals surface area contributed by atoms with E-state index >= 15 is 0 Å². The first-order valence-electron chi connectivity index (χ1n) is 11.1. The molecule has 5 rings (SSSR count). The van der Waals surface area contributed by atoms with Crippen molar-refractivity contribution < 1.29 is 14.3 Å². The van der Waals surface area contributed by atoms with Crippen molar-refractivity contribution in [2.75, 3.05) is 5.32 Å². The number of aryl methyl sites for hydroxylation is 1. The van der Waals surface area contributed by atoms with E-state index < -0.39 is 11.8 Å². The number of nitrogens with zero attached hydrogens (tertiary/aromatic N) is 4. The summed E-state index contributed by atoms with van der Waals surface area (Å²) in [5, 5.41) is 13.0. The second kappa shape index (κ2) is 8.68. The van der Waals surface area contributed by atoms with Crippen LogP contribution in [0.1, 0.15) is 41.5 Å². The molecule has 0 spiro atoms. The zero-order chi connectivity index (χ0) is 24.0. The first-order valence-corrected chi connectivity index (χ1v) is 11.5. The summed E-state index contributed by atoms with van der Waals surface area (Å²) in [5.74, 6) is -0.486. The van der Waals surface area contributed by atoms with Crippen LogP contribution in [0.4, 0.5) is 10.2 Å². The average molecular weight is 480 g/mol. The number of fused-ring (bicyclic) bond motifs is 1. The van der Waals surface area contributed by atoms with Gasteiger partial charge in [0.1, 0.15) is 17.2 Å². The number of nitrogens with one attached hydrogen (secondary N) is 1. The second-order valence-electron chi connectivity index (χ2n) is 8.78. The lowest BCUT2D eigenvalue weighted by molar-refractivity contribution is 0.0684. The lowest BCUT2D eigenvalue weighted by Crippen LogP contribution is -2.20. The van der Waals surface area contributed by atoms with Gasteiger partial charge in [0.05, 0.1) is 5.02 Å². The van der Waals surface area contributed by atoms with Crippen molar-refractivity contribution in [2.45, 2.75) is 39.3 Å². The Bertz CT molecular complexity index is 1420. The van der Waals surface area contributed by atoms with Crippen molar-refractivity contribution >= 4 is 34.6 Å². The Morgan fingerprint density at radius 3 is 2.71 bits per heavy atom. The van der Waals surface area contributed by atoms with Crippen molar-refractivity contribution in [1.29, 1.82) is 0 Å². The Kier molecular flexibility index (Phi) is 5.69. The van der Waals surface area contributed by atoms with Gasteiger partial charge in [-0.2, -0.15) is 0 Å². The number of imidazole rings is 1.